The van der Waals surface area contributed by atoms with E-state index in [4.69, 9.17) is 5.26 Å². The number of hydrogen-bond acceptors (Lipinski definition) is 2. The van der Waals surface area contributed by atoms with Crippen molar-refractivity contribution in [1.82, 2.24) is 0 Å². The second-order valence-electron chi connectivity index (χ2n) is 3.37. The van der Waals surface area contributed by atoms with Crippen molar-refractivity contribution in [2.45, 2.75) is 0 Å². The van der Waals surface area contributed by atoms with Gasteiger partial charge in [0, 0.05) is 5.56 Å². The smallest absolute Gasteiger partial charge is 0.233 e. The maximum Gasteiger partial charge on any atom is 0.233 e. The molecule has 0 saturated heterocycles. The lowest BCUT2D eigenvalue weighted by atomic mass is 10.0. The third kappa shape index (κ3) is 1.99. The third-order valence-corrected chi connectivity index (χ3v) is 2.35. The van der Waals surface area contributed by atoms with Gasteiger partial charge < -0.3 is 0 Å². The fraction of sp³-hybridized carbons (Fsp3) is 0. The molecular formula is C14H8NO. The number of hydrogen-bond donors (Lipinski definition) is 0. The van der Waals surface area contributed by atoms with E-state index in [0.29, 0.717) is 11.1 Å². The van der Waals surface area contributed by atoms with Crippen LogP contribution in [0.15, 0.2) is 48.5 Å². The van der Waals surface area contributed by atoms with Crippen molar-refractivity contribution in [3.05, 3.63) is 59.7 Å². The van der Waals surface area contributed by atoms with Crippen molar-refractivity contribution in [2.75, 3.05) is 0 Å². The van der Waals surface area contributed by atoms with Gasteiger partial charge >= 0.3 is 0 Å². The van der Waals surface area contributed by atoms with Crippen LogP contribution in [-0.4, -0.2) is 6.29 Å². The fourth-order valence-corrected chi connectivity index (χ4v) is 1.47. The van der Waals surface area contributed by atoms with Gasteiger partial charge in [-0.3, -0.25) is 4.79 Å². The summed E-state index contributed by atoms with van der Waals surface area (Å²) in [6.45, 7) is 0. The molecule has 1 radical (unpaired) electrons. The molecule has 2 heteroatoms. The van der Waals surface area contributed by atoms with Crippen LogP contribution in [0.4, 0.5) is 0 Å². The highest BCUT2D eigenvalue weighted by Gasteiger charge is 1.98. The molecule has 2 nitrogen and oxygen atoms in total. The molecule has 0 aliphatic rings. The second-order valence-corrected chi connectivity index (χ2v) is 3.37. The van der Waals surface area contributed by atoms with E-state index in [9.17, 15) is 4.79 Å². The molecule has 0 atom stereocenters. The summed E-state index contributed by atoms with van der Waals surface area (Å²) >= 11 is 0. The first-order valence-corrected chi connectivity index (χ1v) is 4.82. The van der Waals surface area contributed by atoms with E-state index in [1.165, 1.54) is 0 Å². The Bertz CT molecular complexity index is 532. The lowest BCUT2D eigenvalue weighted by molar-refractivity contribution is 0.563. The third-order valence-electron chi connectivity index (χ3n) is 2.35. The zero-order valence-corrected chi connectivity index (χ0v) is 8.47. The fourth-order valence-electron chi connectivity index (χ4n) is 1.47. The summed E-state index contributed by atoms with van der Waals surface area (Å²) in [7, 11) is 0. The normalized spacial score (nSPS) is 9.44. The van der Waals surface area contributed by atoms with Crippen LogP contribution in [0.3, 0.4) is 0 Å². The van der Waals surface area contributed by atoms with Crippen molar-refractivity contribution in [2.24, 2.45) is 0 Å². The minimum absolute atomic E-state index is 0.539. The van der Waals surface area contributed by atoms with Gasteiger partial charge in [-0.05, 0) is 23.3 Å². The molecule has 75 valence electrons. The topological polar surface area (TPSA) is 40.9 Å². The van der Waals surface area contributed by atoms with E-state index in [1.807, 2.05) is 30.6 Å². The summed E-state index contributed by atoms with van der Waals surface area (Å²) in [6.07, 6.45) is 1.83. The van der Waals surface area contributed by atoms with Crippen molar-refractivity contribution in [1.29, 1.82) is 5.26 Å². The van der Waals surface area contributed by atoms with E-state index in [0.717, 1.165) is 11.1 Å². The summed E-state index contributed by atoms with van der Waals surface area (Å²) in [5.74, 6) is 0. The average Bonchev–Trinajstić information content (AvgIpc) is 2.39. The van der Waals surface area contributed by atoms with E-state index in [1.54, 1.807) is 24.3 Å². The van der Waals surface area contributed by atoms with E-state index >= 15 is 0 Å². The summed E-state index contributed by atoms with van der Waals surface area (Å²) in [5.41, 5.74) is 3.22. The standard InChI is InChI=1S/C14H8NO/c15-9-11-1-5-13(6-2-11)14-7-3-12(10-16)4-8-14/h1-8H. The average molecular weight is 206 g/mol. The molecule has 16 heavy (non-hydrogen) atoms. The second kappa shape index (κ2) is 4.41. The molecule has 2 aromatic carbocycles. The van der Waals surface area contributed by atoms with Crippen LogP contribution >= 0.6 is 0 Å². The highest BCUT2D eigenvalue weighted by Crippen LogP contribution is 2.19. The molecule has 0 fully saturated rings. The number of nitrogens with zero attached hydrogens (tertiary/aromatic N) is 1. The van der Waals surface area contributed by atoms with Gasteiger partial charge in [-0.2, -0.15) is 5.26 Å². The zero-order valence-electron chi connectivity index (χ0n) is 8.47. The molecule has 0 N–H and O–H groups in total. The summed E-state index contributed by atoms with van der Waals surface area (Å²) in [5, 5.41) is 8.67. The Morgan fingerprint density at radius 2 is 1.19 bits per heavy atom. The molecule has 0 saturated carbocycles. The van der Waals surface area contributed by atoms with Gasteiger partial charge in [-0.15, -0.1) is 0 Å². The van der Waals surface area contributed by atoms with Gasteiger partial charge in [0.05, 0.1) is 11.6 Å². The monoisotopic (exact) mass is 206 g/mol. The highest BCUT2D eigenvalue weighted by molar-refractivity contribution is 5.77. The van der Waals surface area contributed by atoms with Crippen LogP contribution in [0.2, 0.25) is 0 Å². The molecule has 0 unspecified atom stereocenters. The molecule has 0 bridgehead atoms. The number of nitriles is 1. The lowest BCUT2D eigenvalue weighted by Gasteiger charge is -2.01. The van der Waals surface area contributed by atoms with Crippen LogP contribution in [0.5, 0.6) is 0 Å². The summed E-state index contributed by atoms with van der Waals surface area (Å²) in [6, 6.07) is 16.6. The maximum atomic E-state index is 10.4. The molecule has 0 aromatic heterocycles. The molecule has 0 spiro atoms. The lowest BCUT2D eigenvalue weighted by Crippen LogP contribution is -1.82. The molecule has 0 amide bonds. The Morgan fingerprint density at radius 1 is 0.750 bits per heavy atom. The summed E-state index contributed by atoms with van der Waals surface area (Å²) < 4.78 is 0. The summed E-state index contributed by atoms with van der Waals surface area (Å²) in [4.78, 5) is 10.4. The Kier molecular flexibility index (Phi) is 2.79. The largest absolute Gasteiger partial charge is 0.285 e. The van der Waals surface area contributed by atoms with Crippen molar-refractivity contribution < 1.29 is 4.79 Å². The Balaban J connectivity index is 2.35. The Labute approximate surface area is 93.8 Å². The first-order chi connectivity index (χ1) is 7.83. The number of carbonyl (C=O) groups excluding carboxylic acids is 1. The predicted molar refractivity (Wildman–Crippen MR) is 61.4 cm³/mol. The van der Waals surface area contributed by atoms with E-state index in [2.05, 4.69) is 6.07 Å². The van der Waals surface area contributed by atoms with Gasteiger partial charge in [0.1, 0.15) is 0 Å². The minimum Gasteiger partial charge on any atom is -0.285 e. The quantitative estimate of drug-likeness (QED) is 0.757. The number of rotatable bonds is 2. The van der Waals surface area contributed by atoms with Crippen LogP contribution in [0.1, 0.15) is 11.1 Å². The van der Waals surface area contributed by atoms with Gasteiger partial charge in [0.15, 0.2) is 0 Å². The molecule has 0 heterocycles. The first kappa shape index (κ1) is 10.1. The van der Waals surface area contributed by atoms with Crippen molar-refractivity contribution in [3.8, 4) is 17.2 Å². The van der Waals surface area contributed by atoms with Crippen molar-refractivity contribution in [3.63, 3.8) is 0 Å². The molecule has 2 rings (SSSR count). The Morgan fingerprint density at radius 3 is 1.56 bits per heavy atom. The SMILES string of the molecule is N#Cc1ccc(-c2ccc([C]=O)cc2)cc1. The van der Waals surface area contributed by atoms with Crippen LogP contribution < -0.4 is 0 Å². The maximum absolute atomic E-state index is 10.4. The predicted octanol–water partition coefficient (Wildman–Crippen LogP) is 2.68. The van der Waals surface area contributed by atoms with Crippen LogP contribution in [0.25, 0.3) is 11.1 Å². The molecule has 0 aliphatic heterocycles. The minimum atomic E-state index is 0.539. The van der Waals surface area contributed by atoms with E-state index < -0.39 is 0 Å². The highest BCUT2D eigenvalue weighted by atomic mass is 16.1. The van der Waals surface area contributed by atoms with Gasteiger partial charge in [-0.25, -0.2) is 0 Å². The molecule has 2 aromatic rings. The van der Waals surface area contributed by atoms with Gasteiger partial charge in [0.25, 0.3) is 0 Å². The molecular weight excluding hydrogens is 198 g/mol. The van der Waals surface area contributed by atoms with Gasteiger partial charge in [-0.1, -0.05) is 36.4 Å². The van der Waals surface area contributed by atoms with Crippen LogP contribution in [0, 0.1) is 11.3 Å². The Hall–Kier alpha value is -2.40. The number of benzene rings is 2. The first-order valence-electron chi connectivity index (χ1n) is 4.82. The van der Waals surface area contributed by atoms with Gasteiger partial charge in [0.2, 0.25) is 6.29 Å². The van der Waals surface area contributed by atoms with E-state index in [-0.39, 0.29) is 0 Å². The van der Waals surface area contributed by atoms with Crippen molar-refractivity contribution >= 4 is 6.29 Å². The van der Waals surface area contributed by atoms with Crippen LogP contribution in [-0.2, 0) is 4.79 Å². The zero-order chi connectivity index (χ0) is 11.4. The molecule has 0 aliphatic carbocycles.